The van der Waals surface area contributed by atoms with Crippen LogP contribution in [0, 0.1) is 0 Å². The summed E-state index contributed by atoms with van der Waals surface area (Å²) >= 11 is 0. The van der Waals surface area contributed by atoms with Crippen LogP contribution >= 0.6 is 0 Å². The van der Waals surface area contributed by atoms with E-state index in [-0.39, 0.29) is 4.85 Å². The molecule has 0 aliphatic carbocycles. The van der Waals surface area contributed by atoms with Crippen LogP contribution in [0.5, 0.6) is 0 Å². The van der Waals surface area contributed by atoms with Crippen molar-refractivity contribution < 1.29 is 8.54 Å². The van der Waals surface area contributed by atoms with E-state index < -0.39 is 40.9 Å². The summed E-state index contributed by atoms with van der Waals surface area (Å²) < 4.78 is 14.4. The van der Waals surface area contributed by atoms with Crippen molar-refractivity contribution in [2.45, 2.75) is 83.4 Å². The lowest BCUT2D eigenvalue weighted by atomic mass is 10.2. The molecule has 0 saturated carbocycles. The predicted octanol–water partition coefficient (Wildman–Crippen LogP) is 6.41. The highest BCUT2D eigenvalue weighted by Gasteiger charge is 2.60. The minimum atomic E-state index is -1.78. The fraction of sp³-hybridized carbons (Fsp3) is 0.684. The summed E-state index contributed by atoms with van der Waals surface area (Å²) in [5.41, 5.74) is 1.37. The van der Waals surface area contributed by atoms with Gasteiger partial charge in [-0.05, 0) is 44.8 Å². The van der Waals surface area contributed by atoms with Gasteiger partial charge in [-0.3, -0.25) is 0 Å². The van der Waals surface area contributed by atoms with Crippen LogP contribution < -0.4 is 0 Å². The Morgan fingerprint density at radius 3 is 1.46 bits per heavy atom. The van der Waals surface area contributed by atoms with Crippen molar-refractivity contribution in [3.05, 3.63) is 35.9 Å². The topological polar surface area (TPSA) is 18.5 Å². The Balaban J connectivity index is 3.84. The van der Waals surface area contributed by atoms with Crippen LogP contribution in [0.2, 0.25) is 78.6 Å². The Kier molecular flexibility index (Phi) is 7.39. The average Bonchev–Trinajstić information content (AvgIpc) is 2.39. The van der Waals surface area contributed by atoms with Gasteiger partial charge in [-0.1, -0.05) is 69.6 Å². The highest BCUT2D eigenvalue weighted by molar-refractivity contribution is 7.34. The molecule has 1 unspecified atom stereocenters. The van der Waals surface area contributed by atoms with Gasteiger partial charge < -0.3 is 8.54 Å². The summed E-state index contributed by atoms with van der Waals surface area (Å²) in [7, 11) is -8.00. The van der Waals surface area contributed by atoms with Crippen molar-refractivity contribution in [1.82, 2.24) is 0 Å². The molecule has 0 aliphatic rings. The summed E-state index contributed by atoms with van der Waals surface area (Å²) in [5.74, 6) is 0. The van der Waals surface area contributed by atoms with E-state index in [1.54, 1.807) is 0 Å². The van der Waals surface area contributed by atoms with E-state index in [0.29, 0.717) is 0 Å². The second-order valence-electron chi connectivity index (χ2n) is 11.3. The van der Waals surface area contributed by atoms with Crippen molar-refractivity contribution in [2.24, 2.45) is 0 Å². The molecule has 0 N–H and O–H groups in total. The molecular formula is C19H41O2Si5. The standard InChI is InChI=1S/C19H41O2Si5/c1-23(2,3)19(20-24(4,5)6,18-16-14-13-15-17-18)22(26(10,11)12)21-25(7,8)9/h13-17H,1-12H3. The first-order valence-corrected chi connectivity index (χ1v) is 26.0. The molecule has 0 bridgehead atoms. The van der Waals surface area contributed by atoms with Crippen molar-refractivity contribution in [3.8, 4) is 0 Å². The Labute approximate surface area is 168 Å². The zero-order valence-electron chi connectivity index (χ0n) is 19.2. The van der Waals surface area contributed by atoms with Crippen LogP contribution in [0.3, 0.4) is 0 Å². The molecule has 1 aromatic rings. The maximum atomic E-state index is 7.29. The Morgan fingerprint density at radius 2 is 1.15 bits per heavy atom. The van der Waals surface area contributed by atoms with E-state index in [4.69, 9.17) is 8.54 Å². The first-order valence-electron chi connectivity index (χ1n) is 9.73. The number of rotatable bonds is 8. The van der Waals surface area contributed by atoms with Gasteiger partial charge in [0.25, 0.3) is 0 Å². The molecule has 1 aromatic carbocycles. The third kappa shape index (κ3) is 6.12. The van der Waals surface area contributed by atoms with E-state index in [9.17, 15) is 0 Å². The Hall–Kier alpha value is 0.224. The lowest BCUT2D eigenvalue weighted by molar-refractivity contribution is 0.202. The zero-order chi connectivity index (χ0) is 20.6. The van der Waals surface area contributed by atoms with Gasteiger partial charge in [0.2, 0.25) is 8.56 Å². The molecule has 26 heavy (non-hydrogen) atoms. The largest absolute Gasteiger partial charge is 0.456 e. The normalized spacial score (nSPS) is 16.7. The lowest BCUT2D eigenvalue weighted by Gasteiger charge is -2.55. The third-order valence-electron chi connectivity index (χ3n) is 4.10. The molecule has 7 heteroatoms. The third-order valence-corrected chi connectivity index (χ3v) is 23.3. The molecule has 0 aliphatic heterocycles. The quantitative estimate of drug-likeness (QED) is 0.434. The van der Waals surface area contributed by atoms with Gasteiger partial charge in [-0.25, -0.2) is 0 Å². The molecule has 2 nitrogen and oxygen atoms in total. The molecule has 0 fully saturated rings. The van der Waals surface area contributed by atoms with E-state index in [0.717, 1.165) is 0 Å². The molecule has 0 saturated heterocycles. The van der Waals surface area contributed by atoms with Crippen molar-refractivity contribution in [1.29, 1.82) is 0 Å². The molecule has 1 atom stereocenters. The van der Waals surface area contributed by atoms with Gasteiger partial charge in [0.05, 0.1) is 20.5 Å². The summed E-state index contributed by atoms with van der Waals surface area (Å²) in [6, 6.07) is 11.1. The lowest BCUT2D eigenvalue weighted by Crippen LogP contribution is -2.73. The molecule has 0 amide bonds. The maximum Gasteiger partial charge on any atom is 0.216 e. The number of hydrogen-bond donors (Lipinski definition) is 0. The summed E-state index contributed by atoms with van der Waals surface area (Å²) in [4.78, 5) is -0.200. The minimum Gasteiger partial charge on any atom is -0.456 e. The van der Waals surface area contributed by atoms with Crippen LogP contribution in [0.4, 0.5) is 0 Å². The fourth-order valence-electron chi connectivity index (χ4n) is 3.35. The van der Waals surface area contributed by atoms with Crippen molar-refractivity contribution >= 4 is 40.9 Å². The van der Waals surface area contributed by atoms with Crippen LogP contribution in [0.1, 0.15) is 5.56 Å². The SMILES string of the molecule is C[Si](C)(C)O[Si](C(O[Si](C)(C)C)(c1ccccc1)[Si](C)(C)C)[Si](C)(C)C. The molecule has 0 aromatic heterocycles. The molecule has 149 valence electrons. The monoisotopic (exact) mass is 441 g/mol. The molecule has 1 radical (unpaired) electrons. The van der Waals surface area contributed by atoms with Crippen molar-refractivity contribution in [2.75, 3.05) is 0 Å². The van der Waals surface area contributed by atoms with Gasteiger partial charge in [0.15, 0.2) is 16.6 Å². The van der Waals surface area contributed by atoms with Gasteiger partial charge in [0.1, 0.15) is 0 Å². The summed E-state index contributed by atoms with van der Waals surface area (Å²) in [6.45, 7) is 29.0. The second kappa shape index (κ2) is 7.92. The molecular weight excluding hydrogens is 401 g/mol. The highest BCUT2D eigenvalue weighted by atomic mass is 29.2. The van der Waals surface area contributed by atoms with E-state index in [1.807, 2.05) is 0 Å². The zero-order valence-corrected chi connectivity index (χ0v) is 24.2. The van der Waals surface area contributed by atoms with Crippen LogP contribution in [-0.2, 0) is 13.4 Å². The maximum absolute atomic E-state index is 7.29. The van der Waals surface area contributed by atoms with Gasteiger partial charge in [0, 0.05) is 0 Å². The van der Waals surface area contributed by atoms with Crippen LogP contribution in [-0.4, -0.2) is 40.9 Å². The highest BCUT2D eigenvalue weighted by Crippen LogP contribution is 2.44. The fourth-order valence-corrected chi connectivity index (χ4v) is 34.1. The van der Waals surface area contributed by atoms with Gasteiger partial charge in [-0.2, -0.15) is 0 Å². The molecule has 1 rings (SSSR count). The Morgan fingerprint density at radius 1 is 0.692 bits per heavy atom. The molecule has 0 spiro atoms. The van der Waals surface area contributed by atoms with E-state index in [1.165, 1.54) is 5.56 Å². The van der Waals surface area contributed by atoms with Crippen LogP contribution in [0.25, 0.3) is 0 Å². The summed E-state index contributed by atoms with van der Waals surface area (Å²) in [6.07, 6.45) is 0. The first-order chi connectivity index (χ1) is 11.4. The van der Waals surface area contributed by atoms with Crippen molar-refractivity contribution in [3.63, 3.8) is 0 Å². The Bertz CT molecular complexity index is 579. The van der Waals surface area contributed by atoms with Crippen LogP contribution in [0.15, 0.2) is 30.3 Å². The van der Waals surface area contributed by atoms with E-state index >= 15 is 0 Å². The predicted molar refractivity (Wildman–Crippen MR) is 129 cm³/mol. The minimum absolute atomic E-state index is 0.200. The number of benzene rings is 1. The second-order valence-corrected chi connectivity index (χ2v) is 38.2. The first kappa shape index (κ1) is 24.3. The van der Waals surface area contributed by atoms with Gasteiger partial charge in [-0.15, -0.1) is 0 Å². The summed E-state index contributed by atoms with van der Waals surface area (Å²) in [5, 5.41) is 0. The smallest absolute Gasteiger partial charge is 0.216 e. The van der Waals surface area contributed by atoms with Gasteiger partial charge >= 0.3 is 0 Å². The number of hydrogen-bond acceptors (Lipinski definition) is 2. The van der Waals surface area contributed by atoms with E-state index in [2.05, 4.69) is 109 Å². The average molecular weight is 442 g/mol. The molecule has 0 heterocycles.